The highest BCUT2D eigenvalue weighted by Gasteiger charge is 2.23. The fraction of sp³-hybridized carbons (Fsp3) is 0.350. The van der Waals surface area contributed by atoms with Gasteiger partial charge < -0.3 is 20.3 Å². The lowest BCUT2D eigenvalue weighted by Crippen LogP contribution is -2.45. The van der Waals surface area contributed by atoms with Gasteiger partial charge in [-0.15, -0.1) is 0 Å². The van der Waals surface area contributed by atoms with E-state index in [1.165, 1.54) is 13.4 Å². The Labute approximate surface area is 168 Å². The largest absolute Gasteiger partial charge is 0.453 e. The smallest absolute Gasteiger partial charge is 0.407 e. The molecule has 150 valence electrons. The highest BCUT2D eigenvalue weighted by atomic mass is 16.5. The molecule has 1 aromatic carbocycles. The first-order valence-corrected chi connectivity index (χ1v) is 9.53. The number of carbonyl (C=O) groups is 1. The number of aromatic nitrogens is 4. The van der Waals surface area contributed by atoms with Crippen molar-refractivity contribution in [1.82, 2.24) is 25.3 Å². The first-order valence-electron chi connectivity index (χ1n) is 9.53. The molecular formula is C20H23N7O2. The Morgan fingerprint density at radius 2 is 2.03 bits per heavy atom. The van der Waals surface area contributed by atoms with Crippen LogP contribution in [0.25, 0.3) is 11.0 Å². The van der Waals surface area contributed by atoms with Crippen molar-refractivity contribution in [2.45, 2.75) is 25.8 Å². The predicted molar refractivity (Wildman–Crippen MR) is 110 cm³/mol. The van der Waals surface area contributed by atoms with Crippen LogP contribution in [0.3, 0.4) is 0 Å². The van der Waals surface area contributed by atoms with Gasteiger partial charge in [-0.1, -0.05) is 12.1 Å². The van der Waals surface area contributed by atoms with Gasteiger partial charge in [-0.2, -0.15) is 0 Å². The Bertz CT molecular complexity index is 1020. The Kier molecular flexibility index (Phi) is 5.37. The number of ether oxygens (including phenoxy) is 1. The number of hydrogen-bond donors (Lipinski definition) is 2. The van der Waals surface area contributed by atoms with Gasteiger partial charge in [-0.05, 0) is 37.5 Å². The number of rotatable bonds is 4. The number of hydrogen-bond acceptors (Lipinski definition) is 8. The van der Waals surface area contributed by atoms with Crippen LogP contribution in [0.15, 0.2) is 36.8 Å². The minimum absolute atomic E-state index is 0.0982. The van der Waals surface area contributed by atoms with Crippen LogP contribution in [0.5, 0.6) is 0 Å². The number of aryl methyl sites for hydroxylation is 1. The van der Waals surface area contributed by atoms with E-state index in [0.717, 1.165) is 37.2 Å². The second kappa shape index (κ2) is 8.26. The van der Waals surface area contributed by atoms with Crippen molar-refractivity contribution in [1.29, 1.82) is 0 Å². The quantitative estimate of drug-likeness (QED) is 0.697. The lowest BCUT2D eigenvalue weighted by molar-refractivity contribution is 0.164. The number of methoxy groups -OCH3 is 1. The summed E-state index contributed by atoms with van der Waals surface area (Å²) in [7, 11) is 1.37. The lowest BCUT2D eigenvalue weighted by atomic mass is 10.1. The molecule has 1 aliphatic rings. The third-order valence-corrected chi connectivity index (χ3v) is 4.93. The number of benzene rings is 1. The van der Waals surface area contributed by atoms with Crippen molar-refractivity contribution in [3.05, 3.63) is 42.4 Å². The maximum atomic E-state index is 11.4. The maximum absolute atomic E-state index is 11.4. The van der Waals surface area contributed by atoms with Crippen molar-refractivity contribution in [2.75, 3.05) is 30.4 Å². The number of carbonyl (C=O) groups excluding carboxylic acids is 1. The van der Waals surface area contributed by atoms with Crippen molar-refractivity contribution in [3.8, 4) is 0 Å². The molecule has 0 unspecified atom stereocenters. The number of fused-ring (bicyclic) bond motifs is 1. The van der Waals surface area contributed by atoms with Crippen LogP contribution in [0.4, 0.5) is 22.2 Å². The van der Waals surface area contributed by atoms with Gasteiger partial charge in [0.25, 0.3) is 0 Å². The standard InChI is InChI=1S/C20H23N7O2/c1-13-4-3-5-15(10-13)24-18-17-16(22-12-23-18)11-21-19(26-17)27-8-6-14(7-9-27)25-20(28)29-2/h3-5,10-12,14H,6-9H2,1-2H3,(H,25,28)(H,22,23,24). The molecule has 4 rings (SSSR count). The molecule has 3 heterocycles. The number of amides is 1. The summed E-state index contributed by atoms with van der Waals surface area (Å²) in [6.45, 7) is 3.53. The second-order valence-corrected chi connectivity index (χ2v) is 7.02. The average Bonchev–Trinajstić information content (AvgIpc) is 2.74. The molecule has 3 aromatic rings. The molecule has 0 spiro atoms. The first-order chi connectivity index (χ1) is 14.1. The Balaban J connectivity index is 1.54. The van der Waals surface area contributed by atoms with Gasteiger partial charge in [0.05, 0.1) is 13.3 Å². The number of alkyl carbamates (subject to hydrolysis) is 1. The Morgan fingerprint density at radius 3 is 2.79 bits per heavy atom. The van der Waals surface area contributed by atoms with Gasteiger partial charge in [0.1, 0.15) is 17.4 Å². The fourth-order valence-corrected chi connectivity index (χ4v) is 3.40. The summed E-state index contributed by atoms with van der Waals surface area (Å²) in [6, 6.07) is 8.18. The molecule has 9 heteroatoms. The van der Waals surface area contributed by atoms with Gasteiger partial charge in [0.2, 0.25) is 5.95 Å². The molecule has 0 atom stereocenters. The van der Waals surface area contributed by atoms with Crippen LogP contribution >= 0.6 is 0 Å². The first kappa shape index (κ1) is 18.9. The molecule has 1 aliphatic heterocycles. The van der Waals surface area contributed by atoms with Gasteiger partial charge in [0, 0.05) is 24.8 Å². The lowest BCUT2D eigenvalue weighted by Gasteiger charge is -2.32. The molecular weight excluding hydrogens is 370 g/mol. The maximum Gasteiger partial charge on any atom is 0.407 e. The number of piperidine rings is 1. The number of nitrogens with zero attached hydrogens (tertiary/aromatic N) is 5. The van der Waals surface area contributed by atoms with E-state index in [0.29, 0.717) is 22.8 Å². The van der Waals surface area contributed by atoms with E-state index in [9.17, 15) is 4.79 Å². The van der Waals surface area contributed by atoms with Crippen LogP contribution in [0, 0.1) is 6.92 Å². The van der Waals surface area contributed by atoms with Crippen LogP contribution < -0.4 is 15.5 Å². The molecule has 2 N–H and O–H groups in total. The Hall–Kier alpha value is -3.49. The molecule has 1 saturated heterocycles. The predicted octanol–water partition coefficient (Wildman–Crippen LogP) is 2.80. The average molecular weight is 393 g/mol. The van der Waals surface area contributed by atoms with Crippen LogP contribution in [0.1, 0.15) is 18.4 Å². The fourth-order valence-electron chi connectivity index (χ4n) is 3.40. The second-order valence-electron chi connectivity index (χ2n) is 7.02. The molecule has 9 nitrogen and oxygen atoms in total. The zero-order chi connectivity index (χ0) is 20.2. The molecule has 0 saturated carbocycles. The van der Waals surface area contributed by atoms with Crippen molar-refractivity contribution in [2.24, 2.45) is 0 Å². The van der Waals surface area contributed by atoms with Gasteiger partial charge in [0.15, 0.2) is 5.82 Å². The summed E-state index contributed by atoms with van der Waals surface area (Å²) < 4.78 is 4.67. The van der Waals surface area contributed by atoms with Gasteiger partial charge in [-0.25, -0.2) is 24.7 Å². The van der Waals surface area contributed by atoms with E-state index < -0.39 is 6.09 Å². The Morgan fingerprint density at radius 1 is 1.21 bits per heavy atom. The van der Waals surface area contributed by atoms with E-state index in [1.54, 1.807) is 6.20 Å². The summed E-state index contributed by atoms with van der Waals surface area (Å²) in [5.74, 6) is 1.28. The molecule has 0 aliphatic carbocycles. The molecule has 0 bridgehead atoms. The summed E-state index contributed by atoms with van der Waals surface area (Å²) in [6.07, 6.45) is 4.44. The monoisotopic (exact) mass is 393 g/mol. The van der Waals surface area contributed by atoms with Crippen molar-refractivity contribution < 1.29 is 9.53 Å². The van der Waals surface area contributed by atoms with Crippen LogP contribution in [-0.2, 0) is 4.74 Å². The van der Waals surface area contributed by atoms with E-state index >= 15 is 0 Å². The zero-order valence-electron chi connectivity index (χ0n) is 16.4. The van der Waals surface area contributed by atoms with Crippen molar-refractivity contribution in [3.63, 3.8) is 0 Å². The highest BCUT2D eigenvalue weighted by molar-refractivity contribution is 5.87. The van der Waals surface area contributed by atoms with E-state index in [4.69, 9.17) is 4.98 Å². The minimum Gasteiger partial charge on any atom is -0.453 e. The molecule has 0 radical (unpaired) electrons. The molecule has 1 amide bonds. The molecule has 29 heavy (non-hydrogen) atoms. The third kappa shape index (κ3) is 4.34. The summed E-state index contributed by atoms with van der Waals surface area (Å²) in [4.78, 5) is 31.4. The molecule has 2 aromatic heterocycles. The summed E-state index contributed by atoms with van der Waals surface area (Å²) >= 11 is 0. The van der Waals surface area contributed by atoms with E-state index in [2.05, 4.69) is 41.3 Å². The van der Waals surface area contributed by atoms with Gasteiger partial charge in [-0.3, -0.25) is 0 Å². The third-order valence-electron chi connectivity index (χ3n) is 4.93. The number of anilines is 3. The van der Waals surface area contributed by atoms with Gasteiger partial charge >= 0.3 is 6.09 Å². The normalized spacial score (nSPS) is 14.6. The summed E-state index contributed by atoms with van der Waals surface area (Å²) in [5.41, 5.74) is 3.46. The number of nitrogens with one attached hydrogen (secondary N) is 2. The van der Waals surface area contributed by atoms with Crippen LogP contribution in [0.2, 0.25) is 0 Å². The highest BCUT2D eigenvalue weighted by Crippen LogP contribution is 2.24. The molecule has 1 fully saturated rings. The van der Waals surface area contributed by atoms with E-state index in [-0.39, 0.29) is 6.04 Å². The van der Waals surface area contributed by atoms with Crippen molar-refractivity contribution >= 4 is 34.6 Å². The SMILES string of the molecule is COC(=O)NC1CCN(c2ncc3ncnc(Nc4cccc(C)c4)c3n2)CC1. The topological polar surface area (TPSA) is 105 Å². The summed E-state index contributed by atoms with van der Waals surface area (Å²) in [5, 5.41) is 6.18. The minimum atomic E-state index is -0.394. The van der Waals surface area contributed by atoms with E-state index in [1.807, 2.05) is 25.1 Å². The van der Waals surface area contributed by atoms with Crippen LogP contribution in [-0.4, -0.2) is 52.3 Å². The zero-order valence-corrected chi connectivity index (χ0v) is 16.4.